The van der Waals surface area contributed by atoms with Crippen molar-refractivity contribution in [2.45, 2.75) is 18.7 Å². The van der Waals surface area contributed by atoms with Crippen molar-refractivity contribution < 1.29 is 17.9 Å². The first-order chi connectivity index (χ1) is 19.0. The molecule has 0 bridgehead atoms. The summed E-state index contributed by atoms with van der Waals surface area (Å²) in [5, 5.41) is 5.36. The highest BCUT2D eigenvalue weighted by Gasteiger charge is 2.29. The zero-order valence-electron chi connectivity index (χ0n) is 21.7. The number of carbonyl (C=O) groups is 1. The van der Waals surface area contributed by atoms with Gasteiger partial charge in [0.1, 0.15) is 12.3 Å². The second kappa shape index (κ2) is 12.3. The first kappa shape index (κ1) is 29.5. The van der Waals surface area contributed by atoms with Crippen LogP contribution in [0.5, 0.6) is 5.75 Å². The molecule has 12 heteroatoms. The molecule has 40 heavy (non-hydrogen) atoms. The van der Waals surface area contributed by atoms with E-state index < -0.39 is 22.5 Å². The van der Waals surface area contributed by atoms with Gasteiger partial charge in [0.2, 0.25) is 0 Å². The Morgan fingerprint density at radius 3 is 2.30 bits per heavy atom. The number of methoxy groups -OCH3 is 1. The third kappa shape index (κ3) is 6.45. The minimum Gasteiger partial charge on any atom is -0.495 e. The molecule has 1 amide bonds. The Kier molecular flexibility index (Phi) is 9.10. The molecule has 0 spiro atoms. The average molecular weight is 620 g/mol. The van der Waals surface area contributed by atoms with Gasteiger partial charge in [0, 0.05) is 37.7 Å². The molecule has 0 fully saturated rings. The lowest BCUT2D eigenvalue weighted by Crippen LogP contribution is -2.39. The number of nitrogens with zero attached hydrogens (tertiary/aromatic N) is 3. The van der Waals surface area contributed by atoms with Crippen LogP contribution in [0.15, 0.2) is 82.8 Å². The molecule has 0 aliphatic carbocycles. The fourth-order valence-corrected chi connectivity index (χ4v) is 6.33. The van der Waals surface area contributed by atoms with Crippen molar-refractivity contribution in [2.75, 3.05) is 18.0 Å². The van der Waals surface area contributed by atoms with Crippen LogP contribution in [-0.4, -0.2) is 38.8 Å². The van der Waals surface area contributed by atoms with Crippen LogP contribution in [0.25, 0.3) is 5.69 Å². The van der Waals surface area contributed by atoms with Crippen LogP contribution in [0, 0.1) is 13.8 Å². The Labute approximate surface area is 247 Å². The summed E-state index contributed by atoms with van der Waals surface area (Å²) >= 11 is 18.5. The largest absolute Gasteiger partial charge is 0.495 e. The summed E-state index contributed by atoms with van der Waals surface area (Å²) in [6, 6.07) is 19.4. The zero-order valence-corrected chi connectivity index (χ0v) is 24.8. The van der Waals surface area contributed by atoms with Crippen molar-refractivity contribution in [1.29, 1.82) is 0 Å². The summed E-state index contributed by atoms with van der Waals surface area (Å²) in [6.07, 6.45) is 1.49. The Bertz CT molecular complexity index is 1670. The topological polar surface area (TPSA) is 93.0 Å². The predicted molar refractivity (Wildman–Crippen MR) is 160 cm³/mol. The SMILES string of the molecule is COc1ccc(Cl)cc1N(CC(=O)N/N=C\c1cc(C)n(-c2cc(Cl)cc(Cl)c2)c1C)S(=O)(=O)c1ccccc1. The van der Waals surface area contributed by atoms with Crippen LogP contribution in [0.3, 0.4) is 0 Å². The van der Waals surface area contributed by atoms with Crippen molar-refractivity contribution in [2.24, 2.45) is 5.10 Å². The van der Waals surface area contributed by atoms with Gasteiger partial charge in [-0.2, -0.15) is 5.10 Å². The molecule has 0 aliphatic rings. The van der Waals surface area contributed by atoms with Gasteiger partial charge in [-0.1, -0.05) is 53.0 Å². The van der Waals surface area contributed by atoms with Gasteiger partial charge in [-0.05, 0) is 68.4 Å². The van der Waals surface area contributed by atoms with Gasteiger partial charge in [0.05, 0.1) is 23.9 Å². The number of benzene rings is 3. The molecule has 8 nitrogen and oxygen atoms in total. The van der Waals surface area contributed by atoms with Crippen molar-refractivity contribution in [1.82, 2.24) is 9.99 Å². The molecule has 0 saturated heterocycles. The highest BCUT2D eigenvalue weighted by molar-refractivity contribution is 7.92. The van der Waals surface area contributed by atoms with Gasteiger partial charge >= 0.3 is 0 Å². The number of hydrogen-bond acceptors (Lipinski definition) is 5. The van der Waals surface area contributed by atoms with Crippen LogP contribution < -0.4 is 14.5 Å². The number of halogens is 3. The summed E-state index contributed by atoms with van der Waals surface area (Å²) in [5.74, 6) is -0.443. The molecule has 1 aromatic heterocycles. The van der Waals surface area contributed by atoms with Crippen LogP contribution >= 0.6 is 34.8 Å². The van der Waals surface area contributed by atoms with E-state index in [2.05, 4.69) is 10.5 Å². The quantitative estimate of drug-likeness (QED) is 0.173. The second-order valence-electron chi connectivity index (χ2n) is 8.72. The van der Waals surface area contributed by atoms with E-state index in [1.807, 2.05) is 24.5 Å². The van der Waals surface area contributed by atoms with E-state index in [9.17, 15) is 13.2 Å². The molecule has 0 saturated carbocycles. The number of rotatable bonds is 9. The van der Waals surface area contributed by atoms with Gasteiger partial charge in [-0.15, -0.1) is 0 Å². The monoisotopic (exact) mass is 618 g/mol. The molecule has 0 atom stereocenters. The van der Waals surface area contributed by atoms with E-state index in [-0.39, 0.29) is 21.4 Å². The Morgan fingerprint density at radius 2 is 1.65 bits per heavy atom. The highest BCUT2D eigenvalue weighted by Crippen LogP contribution is 2.34. The maximum absolute atomic E-state index is 13.6. The summed E-state index contributed by atoms with van der Waals surface area (Å²) in [5.41, 5.74) is 5.79. The van der Waals surface area contributed by atoms with Gasteiger partial charge < -0.3 is 9.30 Å². The maximum Gasteiger partial charge on any atom is 0.264 e. The van der Waals surface area contributed by atoms with Gasteiger partial charge in [-0.3, -0.25) is 9.10 Å². The normalized spacial score (nSPS) is 11.6. The number of hydrazone groups is 1. The number of amides is 1. The third-order valence-electron chi connectivity index (χ3n) is 6.00. The van der Waals surface area contributed by atoms with Crippen molar-refractivity contribution in [3.63, 3.8) is 0 Å². The molecule has 4 rings (SSSR count). The summed E-state index contributed by atoms with van der Waals surface area (Å²) in [6.45, 7) is 3.23. The minimum absolute atomic E-state index is 0.00175. The maximum atomic E-state index is 13.6. The number of ether oxygens (including phenoxy) is 1. The van der Waals surface area contributed by atoms with Crippen LogP contribution in [0.4, 0.5) is 5.69 Å². The Hall–Kier alpha value is -3.50. The molecule has 4 aromatic rings. The molecule has 0 unspecified atom stereocenters. The minimum atomic E-state index is -4.17. The van der Waals surface area contributed by atoms with E-state index in [1.165, 1.54) is 37.6 Å². The standard InChI is InChI=1S/C28H25Cl3N4O4S/c1-18-11-20(19(2)35(18)24-13-22(30)12-23(31)14-24)16-32-33-28(36)17-34(26-15-21(29)9-10-27(26)39-3)40(37,38)25-7-5-4-6-8-25/h4-16H,17H2,1-3H3,(H,33,36)/b32-16-. The van der Waals surface area contributed by atoms with E-state index in [1.54, 1.807) is 42.5 Å². The van der Waals surface area contributed by atoms with E-state index in [4.69, 9.17) is 39.5 Å². The molecule has 1 N–H and O–H groups in total. The smallest absolute Gasteiger partial charge is 0.264 e. The Balaban J connectivity index is 1.60. The molecule has 0 aliphatic heterocycles. The molecule has 1 heterocycles. The third-order valence-corrected chi connectivity index (χ3v) is 8.44. The van der Waals surface area contributed by atoms with E-state index >= 15 is 0 Å². The van der Waals surface area contributed by atoms with Gasteiger partial charge in [0.15, 0.2) is 0 Å². The number of anilines is 1. The second-order valence-corrected chi connectivity index (χ2v) is 11.9. The number of carbonyl (C=O) groups excluding carboxylic acids is 1. The fourth-order valence-electron chi connectivity index (χ4n) is 4.20. The first-order valence-electron chi connectivity index (χ1n) is 11.9. The first-order valence-corrected chi connectivity index (χ1v) is 14.5. The molecular weight excluding hydrogens is 595 g/mol. The lowest BCUT2D eigenvalue weighted by molar-refractivity contribution is -0.119. The van der Waals surface area contributed by atoms with E-state index in [0.29, 0.717) is 10.0 Å². The van der Waals surface area contributed by atoms with Crippen molar-refractivity contribution in [3.05, 3.63) is 105 Å². The number of hydrogen-bond donors (Lipinski definition) is 1. The summed E-state index contributed by atoms with van der Waals surface area (Å²) in [4.78, 5) is 13.0. The molecule has 0 radical (unpaired) electrons. The number of aryl methyl sites for hydroxylation is 1. The average Bonchev–Trinajstić information content (AvgIpc) is 3.19. The summed E-state index contributed by atoms with van der Waals surface area (Å²) < 4.78 is 35.5. The van der Waals surface area contributed by atoms with Gasteiger partial charge in [0.25, 0.3) is 15.9 Å². The van der Waals surface area contributed by atoms with E-state index in [0.717, 1.165) is 26.9 Å². The zero-order chi connectivity index (χ0) is 29.0. The van der Waals surface area contributed by atoms with Gasteiger partial charge in [-0.25, -0.2) is 13.8 Å². The van der Waals surface area contributed by atoms with Crippen LogP contribution in [-0.2, 0) is 14.8 Å². The lowest BCUT2D eigenvalue weighted by Gasteiger charge is -2.25. The number of aromatic nitrogens is 1. The van der Waals surface area contributed by atoms with Crippen LogP contribution in [0.2, 0.25) is 15.1 Å². The van der Waals surface area contributed by atoms with Crippen molar-refractivity contribution in [3.8, 4) is 11.4 Å². The molecular formula is C28H25Cl3N4O4S. The predicted octanol–water partition coefficient (Wildman–Crippen LogP) is 6.41. The highest BCUT2D eigenvalue weighted by atomic mass is 35.5. The molecule has 208 valence electrons. The summed E-state index contributed by atoms with van der Waals surface area (Å²) in [7, 11) is -2.76. The van der Waals surface area contributed by atoms with Crippen molar-refractivity contribution >= 4 is 62.6 Å². The Morgan fingerprint density at radius 1 is 0.975 bits per heavy atom. The fraction of sp³-hybridized carbons (Fsp3) is 0.143. The van der Waals surface area contributed by atoms with Crippen LogP contribution in [0.1, 0.15) is 17.0 Å². The lowest BCUT2D eigenvalue weighted by atomic mass is 10.2. The molecule has 3 aromatic carbocycles. The number of sulfonamides is 1. The number of nitrogens with one attached hydrogen (secondary N) is 1.